The van der Waals surface area contributed by atoms with E-state index < -0.39 is 0 Å². The number of hydrogen-bond donors (Lipinski definition) is 0. The number of nitrogens with zero attached hydrogens (tertiary/aromatic N) is 1. The number of rotatable bonds is 3. The van der Waals surface area contributed by atoms with Crippen LogP contribution in [-0.4, -0.2) is 37.7 Å². The predicted molar refractivity (Wildman–Crippen MR) is 53.8 cm³/mol. The summed E-state index contributed by atoms with van der Waals surface area (Å²) < 4.78 is 5.46. The van der Waals surface area contributed by atoms with Crippen molar-refractivity contribution in [2.24, 2.45) is 11.3 Å². The van der Waals surface area contributed by atoms with Crippen molar-refractivity contribution in [3.05, 3.63) is 0 Å². The molecule has 0 aromatic carbocycles. The molecule has 2 heteroatoms. The van der Waals surface area contributed by atoms with E-state index in [1.54, 1.807) is 0 Å². The van der Waals surface area contributed by atoms with Gasteiger partial charge in [0.05, 0.1) is 6.61 Å². The molecule has 2 aliphatic rings. The maximum Gasteiger partial charge on any atom is 0.0547 e. The highest BCUT2D eigenvalue weighted by Gasteiger charge is 2.45. The van der Waals surface area contributed by atoms with Crippen molar-refractivity contribution in [3.8, 4) is 0 Å². The van der Waals surface area contributed by atoms with Gasteiger partial charge in [-0.1, -0.05) is 20.3 Å². The normalized spacial score (nSPS) is 29.1. The van der Waals surface area contributed by atoms with Crippen LogP contribution >= 0.6 is 0 Å². The fraction of sp³-hybridized carbons (Fsp3) is 1.00. The van der Waals surface area contributed by atoms with Crippen molar-refractivity contribution in [2.75, 3.05) is 32.8 Å². The SMILES string of the molecule is CCC(C)CN1CC2(CCOC2)C1. The van der Waals surface area contributed by atoms with E-state index >= 15 is 0 Å². The Morgan fingerprint density at radius 3 is 2.77 bits per heavy atom. The minimum Gasteiger partial charge on any atom is -0.381 e. The predicted octanol–water partition coefficient (Wildman–Crippen LogP) is 1.75. The van der Waals surface area contributed by atoms with Gasteiger partial charge in [0.2, 0.25) is 0 Å². The zero-order valence-electron chi connectivity index (χ0n) is 8.88. The van der Waals surface area contributed by atoms with Gasteiger partial charge in [-0.05, 0) is 12.3 Å². The molecule has 2 aliphatic heterocycles. The monoisotopic (exact) mass is 183 g/mol. The first-order valence-electron chi connectivity index (χ1n) is 5.54. The fourth-order valence-corrected chi connectivity index (χ4v) is 2.50. The minimum absolute atomic E-state index is 0.577. The van der Waals surface area contributed by atoms with Gasteiger partial charge in [0, 0.05) is 31.7 Å². The lowest BCUT2D eigenvalue weighted by Gasteiger charge is -2.48. The molecule has 0 aliphatic carbocycles. The van der Waals surface area contributed by atoms with E-state index in [1.165, 1.54) is 32.5 Å². The van der Waals surface area contributed by atoms with Crippen molar-refractivity contribution in [2.45, 2.75) is 26.7 Å². The second kappa shape index (κ2) is 3.58. The van der Waals surface area contributed by atoms with E-state index in [9.17, 15) is 0 Å². The van der Waals surface area contributed by atoms with Crippen LogP contribution in [0.15, 0.2) is 0 Å². The maximum absolute atomic E-state index is 5.46. The Labute approximate surface area is 81.3 Å². The molecule has 2 heterocycles. The van der Waals surface area contributed by atoms with Gasteiger partial charge in [0.15, 0.2) is 0 Å². The van der Waals surface area contributed by atoms with Gasteiger partial charge in [-0.15, -0.1) is 0 Å². The Hall–Kier alpha value is -0.0800. The smallest absolute Gasteiger partial charge is 0.0547 e. The molecule has 2 saturated heterocycles. The average molecular weight is 183 g/mol. The first kappa shape index (κ1) is 9.47. The molecule has 76 valence electrons. The molecule has 0 amide bonds. The molecule has 0 aromatic rings. The van der Waals surface area contributed by atoms with Crippen LogP contribution in [0.5, 0.6) is 0 Å². The number of ether oxygens (including phenoxy) is 1. The molecular weight excluding hydrogens is 162 g/mol. The van der Waals surface area contributed by atoms with Crippen LogP contribution in [0.2, 0.25) is 0 Å². The van der Waals surface area contributed by atoms with Crippen LogP contribution < -0.4 is 0 Å². The molecule has 2 nitrogen and oxygen atoms in total. The number of likely N-dealkylation sites (tertiary alicyclic amines) is 1. The summed E-state index contributed by atoms with van der Waals surface area (Å²) >= 11 is 0. The Kier molecular flexibility index (Phi) is 2.61. The summed E-state index contributed by atoms with van der Waals surface area (Å²) in [7, 11) is 0. The molecular formula is C11H21NO. The largest absolute Gasteiger partial charge is 0.381 e. The summed E-state index contributed by atoms with van der Waals surface area (Å²) in [6.07, 6.45) is 2.60. The highest BCUT2D eigenvalue weighted by Crippen LogP contribution is 2.38. The van der Waals surface area contributed by atoms with E-state index in [4.69, 9.17) is 4.74 Å². The van der Waals surface area contributed by atoms with Gasteiger partial charge < -0.3 is 9.64 Å². The molecule has 0 aromatic heterocycles. The van der Waals surface area contributed by atoms with Gasteiger partial charge in [-0.2, -0.15) is 0 Å². The van der Waals surface area contributed by atoms with E-state index in [1.807, 2.05) is 0 Å². The summed E-state index contributed by atoms with van der Waals surface area (Å²) in [5.41, 5.74) is 0.577. The molecule has 2 rings (SSSR count). The summed E-state index contributed by atoms with van der Waals surface area (Å²) in [6, 6.07) is 0. The van der Waals surface area contributed by atoms with Gasteiger partial charge >= 0.3 is 0 Å². The first-order valence-corrected chi connectivity index (χ1v) is 5.54. The van der Waals surface area contributed by atoms with E-state index in [0.717, 1.165) is 19.1 Å². The van der Waals surface area contributed by atoms with Gasteiger partial charge in [-0.25, -0.2) is 0 Å². The Morgan fingerprint density at radius 1 is 1.46 bits per heavy atom. The second-order valence-corrected chi connectivity index (χ2v) is 4.99. The van der Waals surface area contributed by atoms with Crippen LogP contribution in [0.1, 0.15) is 26.7 Å². The van der Waals surface area contributed by atoms with Crippen LogP contribution in [0.4, 0.5) is 0 Å². The van der Waals surface area contributed by atoms with E-state index in [-0.39, 0.29) is 0 Å². The van der Waals surface area contributed by atoms with Crippen molar-refractivity contribution < 1.29 is 4.74 Å². The van der Waals surface area contributed by atoms with Gasteiger partial charge in [0.25, 0.3) is 0 Å². The Bertz CT molecular complexity index is 167. The second-order valence-electron chi connectivity index (χ2n) is 4.99. The molecule has 0 radical (unpaired) electrons. The van der Waals surface area contributed by atoms with Crippen LogP contribution in [-0.2, 0) is 4.74 Å². The van der Waals surface area contributed by atoms with Gasteiger partial charge in [-0.3, -0.25) is 0 Å². The molecule has 1 atom stereocenters. The zero-order chi connectivity index (χ0) is 9.31. The van der Waals surface area contributed by atoms with Crippen molar-refractivity contribution >= 4 is 0 Å². The standard InChI is InChI=1S/C11H21NO/c1-3-10(2)6-12-7-11(8-12)4-5-13-9-11/h10H,3-9H2,1-2H3. The number of hydrogen-bond acceptors (Lipinski definition) is 2. The van der Waals surface area contributed by atoms with E-state index in [0.29, 0.717) is 5.41 Å². The van der Waals surface area contributed by atoms with Crippen molar-refractivity contribution in [1.82, 2.24) is 4.90 Å². The lowest BCUT2D eigenvalue weighted by molar-refractivity contribution is -0.0148. The third-order valence-electron chi connectivity index (χ3n) is 3.57. The summed E-state index contributed by atoms with van der Waals surface area (Å²) in [5, 5.41) is 0. The quantitative estimate of drug-likeness (QED) is 0.661. The molecule has 0 bridgehead atoms. The molecule has 0 N–H and O–H groups in total. The Morgan fingerprint density at radius 2 is 2.23 bits per heavy atom. The average Bonchev–Trinajstić information content (AvgIpc) is 2.52. The minimum atomic E-state index is 0.577. The third kappa shape index (κ3) is 1.89. The van der Waals surface area contributed by atoms with Crippen LogP contribution in [0.25, 0.3) is 0 Å². The first-order chi connectivity index (χ1) is 6.24. The van der Waals surface area contributed by atoms with Crippen molar-refractivity contribution in [1.29, 1.82) is 0 Å². The highest BCUT2D eigenvalue weighted by atomic mass is 16.5. The fourth-order valence-electron chi connectivity index (χ4n) is 2.50. The third-order valence-corrected chi connectivity index (χ3v) is 3.57. The summed E-state index contributed by atoms with van der Waals surface area (Å²) in [6.45, 7) is 10.5. The Balaban J connectivity index is 1.71. The van der Waals surface area contributed by atoms with Crippen LogP contribution in [0, 0.1) is 11.3 Å². The summed E-state index contributed by atoms with van der Waals surface area (Å²) in [4.78, 5) is 2.59. The lowest BCUT2D eigenvalue weighted by Crippen LogP contribution is -2.57. The van der Waals surface area contributed by atoms with Crippen LogP contribution in [0.3, 0.4) is 0 Å². The molecule has 0 saturated carbocycles. The molecule has 2 fully saturated rings. The zero-order valence-corrected chi connectivity index (χ0v) is 8.88. The molecule has 1 spiro atoms. The highest BCUT2D eigenvalue weighted by molar-refractivity contribution is 4.97. The maximum atomic E-state index is 5.46. The van der Waals surface area contributed by atoms with Gasteiger partial charge in [0.1, 0.15) is 0 Å². The van der Waals surface area contributed by atoms with Crippen molar-refractivity contribution in [3.63, 3.8) is 0 Å². The molecule has 13 heavy (non-hydrogen) atoms. The lowest BCUT2D eigenvalue weighted by atomic mass is 9.79. The molecule has 1 unspecified atom stereocenters. The topological polar surface area (TPSA) is 12.5 Å². The van der Waals surface area contributed by atoms with E-state index in [2.05, 4.69) is 18.7 Å². The summed E-state index contributed by atoms with van der Waals surface area (Å²) in [5.74, 6) is 0.861.